The summed E-state index contributed by atoms with van der Waals surface area (Å²) in [7, 11) is -2.49. The minimum Gasteiger partial charge on any atom is -0.465 e. The van der Waals surface area contributed by atoms with Crippen molar-refractivity contribution in [2.75, 3.05) is 13.7 Å². The summed E-state index contributed by atoms with van der Waals surface area (Å²) in [6.45, 7) is 2.12. The predicted octanol–water partition coefficient (Wildman–Crippen LogP) is 1.53. The Morgan fingerprint density at radius 3 is 2.67 bits per heavy atom. The van der Waals surface area contributed by atoms with Crippen LogP contribution in [0.2, 0.25) is 5.02 Å². The van der Waals surface area contributed by atoms with Crippen LogP contribution < -0.4 is 10.5 Å². The lowest BCUT2D eigenvalue weighted by molar-refractivity contribution is 0.0601. The van der Waals surface area contributed by atoms with Gasteiger partial charge in [-0.2, -0.15) is 0 Å². The van der Waals surface area contributed by atoms with E-state index in [0.717, 1.165) is 12.8 Å². The Balaban J connectivity index is 2.89. The molecular weight excluding hydrogens is 316 g/mol. The summed E-state index contributed by atoms with van der Waals surface area (Å²) in [4.78, 5) is 11.4. The minimum absolute atomic E-state index is 0.0163. The molecule has 118 valence electrons. The van der Waals surface area contributed by atoms with E-state index in [0.29, 0.717) is 0 Å². The second-order valence-corrected chi connectivity index (χ2v) is 6.71. The molecule has 0 saturated carbocycles. The molecule has 0 saturated heterocycles. The molecule has 0 spiro atoms. The van der Waals surface area contributed by atoms with E-state index in [9.17, 15) is 13.2 Å². The number of esters is 1. The van der Waals surface area contributed by atoms with Crippen LogP contribution in [0.25, 0.3) is 0 Å². The lowest BCUT2D eigenvalue weighted by Gasteiger charge is -2.12. The molecule has 1 atom stereocenters. The number of rotatable bonds is 7. The largest absolute Gasteiger partial charge is 0.465 e. The van der Waals surface area contributed by atoms with Gasteiger partial charge in [-0.1, -0.05) is 24.9 Å². The molecule has 0 aromatic heterocycles. The topological polar surface area (TPSA) is 98.5 Å². The van der Waals surface area contributed by atoms with Gasteiger partial charge in [0.05, 0.1) is 22.6 Å². The van der Waals surface area contributed by atoms with Crippen molar-refractivity contribution in [2.45, 2.75) is 30.7 Å². The number of hydrogen-bond acceptors (Lipinski definition) is 5. The molecule has 1 aromatic carbocycles. The molecule has 21 heavy (non-hydrogen) atoms. The molecular formula is C13H19ClN2O4S. The van der Waals surface area contributed by atoms with E-state index in [4.69, 9.17) is 17.3 Å². The molecule has 0 heterocycles. The fraction of sp³-hybridized carbons (Fsp3) is 0.462. The van der Waals surface area contributed by atoms with E-state index in [1.54, 1.807) is 0 Å². The molecule has 0 aliphatic heterocycles. The van der Waals surface area contributed by atoms with Gasteiger partial charge in [0, 0.05) is 12.6 Å². The predicted molar refractivity (Wildman–Crippen MR) is 80.9 cm³/mol. The Morgan fingerprint density at radius 1 is 1.48 bits per heavy atom. The SMILES string of the molecule is CCC[C@@H](N)CNS(=O)(=O)c1ccc(C(=O)OC)c(Cl)c1. The van der Waals surface area contributed by atoms with Gasteiger partial charge in [-0.05, 0) is 24.6 Å². The van der Waals surface area contributed by atoms with Crippen molar-refractivity contribution >= 4 is 27.6 Å². The standard InChI is InChI=1S/C13H19ClN2O4S/c1-3-4-9(15)8-16-21(18,19)10-5-6-11(12(14)7-10)13(17)20-2/h5-7,9,16H,3-4,8,15H2,1-2H3/t9-/m1/s1. The van der Waals surface area contributed by atoms with E-state index in [1.807, 2.05) is 6.92 Å². The van der Waals surface area contributed by atoms with Gasteiger partial charge < -0.3 is 10.5 Å². The number of ether oxygens (including phenoxy) is 1. The lowest BCUT2D eigenvalue weighted by atomic mass is 10.2. The van der Waals surface area contributed by atoms with Gasteiger partial charge in [-0.15, -0.1) is 0 Å². The molecule has 1 aromatic rings. The summed E-state index contributed by atoms with van der Waals surface area (Å²) in [5, 5.41) is 0.0163. The molecule has 0 aliphatic carbocycles. The Bertz CT molecular complexity index is 604. The number of halogens is 1. The van der Waals surface area contributed by atoms with Crippen molar-refractivity contribution in [3.8, 4) is 0 Å². The number of carbonyl (C=O) groups is 1. The Labute approximate surface area is 129 Å². The van der Waals surface area contributed by atoms with Gasteiger partial charge in [-0.25, -0.2) is 17.9 Å². The second kappa shape index (κ2) is 7.74. The molecule has 0 aliphatic rings. The van der Waals surface area contributed by atoms with Crippen molar-refractivity contribution in [1.82, 2.24) is 4.72 Å². The zero-order valence-electron chi connectivity index (χ0n) is 11.9. The quantitative estimate of drug-likeness (QED) is 0.737. The highest BCUT2D eigenvalue weighted by molar-refractivity contribution is 7.89. The summed E-state index contributed by atoms with van der Waals surface area (Å²) in [6, 6.07) is 3.58. The first kappa shape index (κ1) is 17.9. The van der Waals surface area contributed by atoms with Crippen LogP contribution in [0, 0.1) is 0 Å². The third kappa shape index (κ3) is 4.96. The second-order valence-electron chi connectivity index (χ2n) is 4.53. The Hall–Kier alpha value is -1.15. The van der Waals surface area contributed by atoms with Crippen LogP contribution in [-0.2, 0) is 14.8 Å². The molecule has 3 N–H and O–H groups in total. The van der Waals surface area contributed by atoms with Crippen molar-refractivity contribution in [3.63, 3.8) is 0 Å². The van der Waals surface area contributed by atoms with E-state index >= 15 is 0 Å². The van der Waals surface area contributed by atoms with E-state index < -0.39 is 16.0 Å². The van der Waals surface area contributed by atoms with Crippen LogP contribution in [0.1, 0.15) is 30.1 Å². The molecule has 0 amide bonds. The lowest BCUT2D eigenvalue weighted by Crippen LogP contribution is -2.37. The first-order valence-electron chi connectivity index (χ1n) is 6.45. The van der Waals surface area contributed by atoms with Crippen LogP contribution >= 0.6 is 11.6 Å². The Morgan fingerprint density at radius 2 is 2.14 bits per heavy atom. The number of nitrogens with two attached hydrogens (primary N) is 1. The third-order valence-electron chi connectivity index (χ3n) is 2.85. The molecule has 8 heteroatoms. The van der Waals surface area contributed by atoms with Gasteiger partial charge in [0.25, 0.3) is 0 Å². The van der Waals surface area contributed by atoms with E-state index in [1.165, 1.54) is 25.3 Å². The van der Waals surface area contributed by atoms with Gasteiger partial charge in [0.15, 0.2) is 0 Å². The molecule has 0 radical (unpaired) electrons. The third-order valence-corrected chi connectivity index (χ3v) is 4.59. The summed E-state index contributed by atoms with van der Waals surface area (Å²) < 4.78 is 31.2. The number of benzene rings is 1. The number of sulfonamides is 1. The number of hydrogen-bond donors (Lipinski definition) is 2. The minimum atomic E-state index is -3.71. The maximum absolute atomic E-state index is 12.1. The maximum atomic E-state index is 12.1. The van der Waals surface area contributed by atoms with Crippen LogP contribution in [0.5, 0.6) is 0 Å². The number of methoxy groups -OCH3 is 1. The highest BCUT2D eigenvalue weighted by Gasteiger charge is 2.18. The van der Waals surface area contributed by atoms with Crippen LogP contribution in [0.4, 0.5) is 0 Å². The van der Waals surface area contributed by atoms with Crippen molar-refractivity contribution in [3.05, 3.63) is 28.8 Å². The smallest absolute Gasteiger partial charge is 0.339 e. The Kier molecular flexibility index (Phi) is 6.60. The molecule has 6 nitrogen and oxygen atoms in total. The number of carbonyl (C=O) groups excluding carboxylic acids is 1. The number of nitrogens with one attached hydrogen (secondary N) is 1. The zero-order valence-corrected chi connectivity index (χ0v) is 13.5. The fourth-order valence-electron chi connectivity index (χ4n) is 1.71. The summed E-state index contributed by atoms with van der Waals surface area (Å²) >= 11 is 5.90. The van der Waals surface area contributed by atoms with Gasteiger partial charge in [0.2, 0.25) is 10.0 Å². The normalized spacial score (nSPS) is 13.0. The summed E-state index contributed by atoms with van der Waals surface area (Å²) in [5.41, 5.74) is 5.88. The average molecular weight is 335 g/mol. The van der Waals surface area contributed by atoms with Crippen LogP contribution in [-0.4, -0.2) is 34.1 Å². The summed E-state index contributed by atoms with van der Waals surface area (Å²) in [5.74, 6) is -0.623. The maximum Gasteiger partial charge on any atom is 0.339 e. The average Bonchev–Trinajstić information content (AvgIpc) is 2.44. The van der Waals surface area contributed by atoms with Gasteiger partial charge in [0.1, 0.15) is 0 Å². The van der Waals surface area contributed by atoms with Crippen molar-refractivity contribution in [1.29, 1.82) is 0 Å². The van der Waals surface area contributed by atoms with E-state index in [-0.39, 0.29) is 28.1 Å². The molecule has 0 fully saturated rings. The molecule has 1 rings (SSSR count). The van der Waals surface area contributed by atoms with Gasteiger partial charge in [-0.3, -0.25) is 0 Å². The molecule has 0 unspecified atom stereocenters. The zero-order chi connectivity index (χ0) is 16.0. The fourth-order valence-corrected chi connectivity index (χ4v) is 3.15. The van der Waals surface area contributed by atoms with E-state index in [2.05, 4.69) is 9.46 Å². The van der Waals surface area contributed by atoms with Crippen molar-refractivity contribution in [2.24, 2.45) is 5.73 Å². The first-order chi connectivity index (χ1) is 9.81. The summed E-state index contributed by atoms with van der Waals surface area (Å²) in [6.07, 6.45) is 1.60. The molecule has 0 bridgehead atoms. The van der Waals surface area contributed by atoms with Crippen LogP contribution in [0.3, 0.4) is 0 Å². The monoisotopic (exact) mass is 334 g/mol. The highest BCUT2D eigenvalue weighted by atomic mass is 35.5. The van der Waals surface area contributed by atoms with Gasteiger partial charge >= 0.3 is 5.97 Å². The highest BCUT2D eigenvalue weighted by Crippen LogP contribution is 2.21. The van der Waals surface area contributed by atoms with Crippen molar-refractivity contribution < 1.29 is 17.9 Å². The first-order valence-corrected chi connectivity index (χ1v) is 8.31. The van der Waals surface area contributed by atoms with Crippen LogP contribution in [0.15, 0.2) is 23.1 Å².